The predicted molar refractivity (Wildman–Crippen MR) is 116 cm³/mol. The molecule has 0 aliphatic rings. The van der Waals surface area contributed by atoms with E-state index in [4.69, 9.17) is 16.3 Å². The van der Waals surface area contributed by atoms with Crippen molar-refractivity contribution in [3.05, 3.63) is 92.9 Å². The second-order valence-electron chi connectivity index (χ2n) is 6.31. The fourth-order valence-electron chi connectivity index (χ4n) is 2.55. The van der Waals surface area contributed by atoms with Gasteiger partial charge in [0.15, 0.2) is 0 Å². The van der Waals surface area contributed by atoms with Crippen molar-refractivity contribution in [2.75, 3.05) is 0 Å². The fourth-order valence-corrected chi connectivity index (χ4v) is 4.24. The number of ether oxygens (including phenoxy) is 1. The summed E-state index contributed by atoms with van der Waals surface area (Å²) < 4.78 is 33.6. The summed E-state index contributed by atoms with van der Waals surface area (Å²) in [6, 6.07) is 18.2. The van der Waals surface area contributed by atoms with Gasteiger partial charge < -0.3 is 4.74 Å². The van der Waals surface area contributed by atoms with Gasteiger partial charge in [-0.15, -0.1) is 0 Å². The van der Waals surface area contributed by atoms with E-state index < -0.39 is 15.9 Å². The van der Waals surface area contributed by atoms with Crippen LogP contribution in [0.5, 0.6) is 5.75 Å². The average molecular weight is 495 g/mol. The van der Waals surface area contributed by atoms with Crippen LogP contribution < -0.4 is 9.46 Å². The number of hydrogen-bond donors (Lipinski definition) is 1. The summed E-state index contributed by atoms with van der Waals surface area (Å²) in [6.45, 7) is 2.06. The van der Waals surface area contributed by atoms with Crippen molar-refractivity contribution in [3.63, 3.8) is 0 Å². The zero-order chi connectivity index (χ0) is 21.0. The number of aryl methyl sites for hydroxylation is 1. The van der Waals surface area contributed by atoms with Gasteiger partial charge in [-0.3, -0.25) is 4.79 Å². The molecule has 0 spiro atoms. The molecule has 0 heterocycles. The van der Waals surface area contributed by atoms with Crippen LogP contribution >= 0.6 is 27.5 Å². The van der Waals surface area contributed by atoms with Crippen LogP contribution in [0.3, 0.4) is 0 Å². The molecule has 0 aromatic heterocycles. The van der Waals surface area contributed by atoms with Crippen molar-refractivity contribution in [3.8, 4) is 5.75 Å². The van der Waals surface area contributed by atoms with Gasteiger partial charge in [-0.05, 0) is 60.5 Å². The van der Waals surface area contributed by atoms with Crippen molar-refractivity contribution < 1.29 is 17.9 Å². The summed E-state index contributed by atoms with van der Waals surface area (Å²) in [6.07, 6.45) is 0. The molecule has 5 nitrogen and oxygen atoms in total. The zero-order valence-electron chi connectivity index (χ0n) is 15.4. The lowest BCUT2D eigenvalue weighted by atomic mass is 10.1. The third-order valence-corrected chi connectivity index (χ3v) is 6.10. The van der Waals surface area contributed by atoms with E-state index in [1.807, 2.05) is 19.1 Å². The molecule has 3 aromatic carbocycles. The number of amides is 1. The SMILES string of the molecule is Cc1ccc(C(=O)NS(=O)(=O)c2cccc(Br)c2)c(OCc2ccc(Cl)cc2)c1. The van der Waals surface area contributed by atoms with Gasteiger partial charge in [0.25, 0.3) is 15.9 Å². The minimum absolute atomic E-state index is 0.0176. The summed E-state index contributed by atoms with van der Waals surface area (Å²) in [7, 11) is -4.03. The molecule has 3 aromatic rings. The Morgan fingerprint density at radius 2 is 1.79 bits per heavy atom. The molecule has 0 saturated heterocycles. The maximum Gasteiger partial charge on any atom is 0.268 e. The van der Waals surface area contributed by atoms with Crippen molar-refractivity contribution in [1.82, 2.24) is 4.72 Å². The van der Waals surface area contributed by atoms with E-state index in [2.05, 4.69) is 20.7 Å². The van der Waals surface area contributed by atoms with Crippen LogP contribution in [0.15, 0.2) is 76.1 Å². The van der Waals surface area contributed by atoms with Gasteiger partial charge in [0, 0.05) is 9.50 Å². The number of sulfonamides is 1. The largest absolute Gasteiger partial charge is 0.488 e. The number of rotatable bonds is 6. The maximum atomic E-state index is 12.7. The minimum Gasteiger partial charge on any atom is -0.488 e. The van der Waals surface area contributed by atoms with E-state index >= 15 is 0 Å². The first-order chi connectivity index (χ1) is 13.7. The first-order valence-electron chi connectivity index (χ1n) is 8.55. The van der Waals surface area contributed by atoms with Crippen LogP contribution in [-0.2, 0) is 16.6 Å². The molecule has 1 amide bonds. The van der Waals surface area contributed by atoms with E-state index in [1.54, 1.807) is 36.4 Å². The molecule has 3 rings (SSSR count). The normalized spacial score (nSPS) is 11.1. The van der Waals surface area contributed by atoms with Gasteiger partial charge in [0.05, 0.1) is 10.5 Å². The van der Waals surface area contributed by atoms with Crippen LogP contribution in [0, 0.1) is 6.92 Å². The smallest absolute Gasteiger partial charge is 0.268 e. The molecule has 0 aliphatic heterocycles. The second-order valence-corrected chi connectivity index (χ2v) is 9.34. The summed E-state index contributed by atoms with van der Waals surface area (Å²) in [5.41, 5.74) is 1.87. The average Bonchev–Trinajstić information content (AvgIpc) is 2.67. The highest BCUT2D eigenvalue weighted by Crippen LogP contribution is 2.23. The van der Waals surface area contributed by atoms with E-state index in [-0.39, 0.29) is 17.1 Å². The Morgan fingerprint density at radius 3 is 2.48 bits per heavy atom. The predicted octanol–water partition coefficient (Wildman–Crippen LogP) is 5.11. The molecule has 0 fully saturated rings. The number of hydrogen-bond acceptors (Lipinski definition) is 4. The van der Waals surface area contributed by atoms with Gasteiger partial charge in [-0.25, -0.2) is 13.1 Å². The number of halogens is 2. The molecular weight excluding hydrogens is 478 g/mol. The van der Waals surface area contributed by atoms with Crippen LogP contribution in [0.25, 0.3) is 0 Å². The van der Waals surface area contributed by atoms with Gasteiger partial charge >= 0.3 is 0 Å². The Bertz CT molecular complexity index is 1150. The highest BCUT2D eigenvalue weighted by atomic mass is 79.9. The molecule has 1 N–H and O–H groups in total. The Balaban J connectivity index is 1.82. The number of carbonyl (C=O) groups is 1. The van der Waals surface area contributed by atoms with Gasteiger partial charge in [0.1, 0.15) is 12.4 Å². The summed E-state index contributed by atoms with van der Waals surface area (Å²) in [4.78, 5) is 12.7. The Hall–Kier alpha value is -2.35. The number of nitrogens with one attached hydrogen (secondary N) is 1. The molecule has 0 bridgehead atoms. The third kappa shape index (κ3) is 5.59. The molecule has 8 heteroatoms. The summed E-state index contributed by atoms with van der Waals surface area (Å²) >= 11 is 9.11. The van der Waals surface area contributed by atoms with Gasteiger partial charge in [-0.1, -0.05) is 51.8 Å². The third-order valence-electron chi connectivity index (χ3n) is 4.02. The van der Waals surface area contributed by atoms with Crippen LogP contribution in [0.2, 0.25) is 5.02 Å². The number of benzene rings is 3. The van der Waals surface area contributed by atoms with E-state index in [9.17, 15) is 13.2 Å². The van der Waals surface area contributed by atoms with E-state index in [0.29, 0.717) is 15.2 Å². The van der Waals surface area contributed by atoms with Gasteiger partial charge in [-0.2, -0.15) is 0 Å². The lowest BCUT2D eigenvalue weighted by molar-refractivity contribution is 0.0977. The first-order valence-corrected chi connectivity index (χ1v) is 11.2. The Kier molecular flexibility index (Phi) is 6.62. The first kappa shape index (κ1) is 21.4. The highest BCUT2D eigenvalue weighted by molar-refractivity contribution is 9.10. The Labute approximate surface area is 182 Å². The topological polar surface area (TPSA) is 72.5 Å². The molecule has 150 valence electrons. The standard InChI is InChI=1S/C21H17BrClNO4S/c1-14-5-10-19(20(11-14)28-13-15-6-8-17(23)9-7-15)21(25)24-29(26,27)18-4-2-3-16(22)12-18/h2-12H,13H2,1H3,(H,24,25). The molecule has 0 unspecified atom stereocenters. The maximum absolute atomic E-state index is 12.7. The van der Waals surface area contributed by atoms with Crippen molar-refractivity contribution >= 4 is 43.5 Å². The van der Waals surface area contributed by atoms with Crippen molar-refractivity contribution in [1.29, 1.82) is 0 Å². The van der Waals surface area contributed by atoms with E-state index in [1.165, 1.54) is 18.2 Å². The van der Waals surface area contributed by atoms with Crippen LogP contribution in [0.1, 0.15) is 21.5 Å². The van der Waals surface area contributed by atoms with Crippen LogP contribution in [-0.4, -0.2) is 14.3 Å². The monoisotopic (exact) mass is 493 g/mol. The Morgan fingerprint density at radius 1 is 1.07 bits per heavy atom. The molecular formula is C21H17BrClNO4S. The number of carbonyl (C=O) groups excluding carboxylic acids is 1. The molecule has 0 aliphatic carbocycles. The second kappa shape index (κ2) is 8.98. The minimum atomic E-state index is -4.03. The zero-order valence-corrected chi connectivity index (χ0v) is 18.5. The molecule has 0 atom stereocenters. The van der Waals surface area contributed by atoms with Crippen molar-refractivity contribution in [2.45, 2.75) is 18.4 Å². The highest BCUT2D eigenvalue weighted by Gasteiger charge is 2.21. The summed E-state index contributed by atoms with van der Waals surface area (Å²) in [5, 5.41) is 0.613. The molecule has 29 heavy (non-hydrogen) atoms. The quantitative estimate of drug-likeness (QED) is 0.517. The molecule has 0 saturated carbocycles. The van der Waals surface area contributed by atoms with Crippen molar-refractivity contribution in [2.24, 2.45) is 0 Å². The van der Waals surface area contributed by atoms with Crippen LogP contribution in [0.4, 0.5) is 0 Å². The fraction of sp³-hybridized carbons (Fsp3) is 0.0952. The molecule has 0 radical (unpaired) electrons. The van der Waals surface area contributed by atoms with E-state index in [0.717, 1.165) is 11.1 Å². The van der Waals surface area contributed by atoms with Gasteiger partial charge in [0.2, 0.25) is 0 Å². The summed E-state index contributed by atoms with van der Waals surface area (Å²) in [5.74, 6) is -0.474. The lowest BCUT2D eigenvalue weighted by Gasteiger charge is -2.13. The lowest BCUT2D eigenvalue weighted by Crippen LogP contribution is -2.31.